The van der Waals surface area contributed by atoms with E-state index in [-0.39, 0.29) is 18.3 Å². The Bertz CT molecular complexity index is 804. The highest BCUT2D eigenvalue weighted by Crippen LogP contribution is 2.42. The van der Waals surface area contributed by atoms with E-state index in [2.05, 4.69) is 14.7 Å². The summed E-state index contributed by atoms with van der Waals surface area (Å²) in [6, 6.07) is 7.52. The quantitative estimate of drug-likeness (QED) is 0.677. The zero-order valence-corrected chi connectivity index (χ0v) is 19.3. The zero-order valence-electron chi connectivity index (χ0n) is 19.3. The molecule has 0 spiro atoms. The van der Waals surface area contributed by atoms with Crippen molar-refractivity contribution in [2.45, 2.75) is 44.2 Å². The molecule has 0 unspecified atom stereocenters. The second kappa shape index (κ2) is 11.4. The van der Waals surface area contributed by atoms with Gasteiger partial charge in [-0.1, -0.05) is 12.1 Å². The first-order valence-corrected chi connectivity index (χ1v) is 12.2. The number of morpholine rings is 1. The van der Waals surface area contributed by atoms with Crippen molar-refractivity contribution in [2.75, 3.05) is 52.5 Å². The summed E-state index contributed by atoms with van der Waals surface area (Å²) in [6.07, 6.45) is 4.80. The molecule has 8 heteroatoms. The molecule has 5 rings (SSSR count). The van der Waals surface area contributed by atoms with Crippen LogP contribution in [0.15, 0.2) is 24.3 Å². The summed E-state index contributed by atoms with van der Waals surface area (Å²) in [5, 5.41) is 6.89. The highest BCUT2D eigenvalue weighted by Gasteiger charge is 2.49. The van der Waals surface area contributed by atoms with Gasteiger partial charge in [-0.05, 0) is 55.2 Å². The Morgan fingerprint density at radius 1 is 1.12 bits per heavy atom. The molecule has 1 amide bonds. The van der Waals surface area contributed by atoms with E-state index in [9.17, 15) is 9.18 Å². The van der Waals surface area contributed by atoms with Gasteiger partial charge in [-0.2, -0.15) is 0 Å². The lowest BCUT2D eigenvalue weighted by Gasteiger charge is -2.57. The van der Waals surface area contributed by atoms with Crippen molar-refractivity contribution in [2.24, 2.45) is 11.8 Å². The number of carbonyl (C=O) groups excluding carboxylic acids is 1. The van der Waals surface area contributed by atoms with Gasteiger partial charge in [-0.15, -0.1) is 0 Å². The number of piperidine rings is 3. The Morgan fingerprint density at radius 3 is 2.61 bits per heavy atom. The van der Waals surface area contributed by atoms with Crippen LogP contribution in [0.5, 0.6) is 0 Å². The number of nitrogens with zero attached hydrogens (tertiary/aromatic N) is 3. The predicted molar refractivity (Wildman–Crippen MR) is 122 cm³/mol. The maximum Gasteiger partial charge on any atom is 0.290 e. The molecule has 4 saturated heterocycles. The van der Waals surface area contributed by atoms with Crippen LogP contribution in [0, 0.1) is 17.7 Å². The standard InChI is InChI=1S/C24H34FN3O2.CH2O2/c25-21-4-1-3-18(13-21)14-23-20-15-19(22-5-2-6-24(29)28(22)23)16-27(17-20)8-7-26-9-11-30-12-10-26;2-1-3/h1,3-4,13,19-20,22-23H,2,5-12,14-17H2;1H,(H,2,3)/t19-,20+,22+,23+;/m1./s1. The van der Waals surface area contributed by atoms with Gasteiger partial charge >= 0.3 is 0 Å². The highest BCUT2D eigenvalue weighted by atomic mass is 19.1. The molecule has 4 aliphatic heterocycles. The fourth-order valence-electron chi connectivity index (χ4n) is 6.33. The SMILES string of the molecule is O=C1CCC[C@H]2[C@@H]3C[C@@H](CN(CCN4CCOCC4)C3)[C@H](Cc3cccc(F)c3)N12.O=CO. The maximum absolute atomic E-state index is 13.8. The van der Waals surface area contributed by atoms with Crippen LogP contribution in [0.25, 0.3) is 0 Å². The van der Waals surface area contributed by atoms with Gasteiger partial charge in [0, 0.05) is 57.8 Å². The van der Waals surface area contributed by atoms with Gasteiger partial charge in [-0.3, -0.25) is 14.5 Å². The number of fused-ring (bicyclic) bond motifs is 4. The maximum atomic E-state index is 13.8. The first-order valence-electron chi connectivity index (χ1n) is 12.2. The number of hydrogen-bond donors (Lipinski definition) is 1. The summed E-state index contributed by atoms with van der Waals surface area (Å²) in [4.78, 5) is 28.7. The Kier molecular flexibility index (Phi) is 8.33. The van der Waals surface area contributed by atoms with Gasteiger partial charge in [-0.25, -0.2) is 4.39 Å². The summed E-state index contributed by atoms with van der Waals surface area (Å²) in [5.41, 5.74) is 1.01. The molecule has 0 saturated carbocycles. The summed E-state index contributed by atoms with van der Waals surface area (Å²) in [6.45, 7) is 7.88. The van der Waals surface area contributed by atoms with Crippen LogP contribution in [-0.2, 0) is 20.7 Å². The lowest BCUT2D eigenvalue weighted by molar-refractivity contribution is -0.152. The molecule has 7 nitrogen and oxygen atoms in total. The summed E-state index contributed by atoms with van der Waals surface area (Å²) < 4.78 is 19.3. The van der Waals surface area contributed by atoms with E-state index in [4.69, 9.17) is 14.6 Å². The van der Waals surface area contributed by atoms with Gasteiger partial charge in [0.1, 0.15) is 5.82 Å². The second-order valence-electron chi connectivity index (χ2n) is 9.74. The number of benzene rings is 1. The van der Waals surface area contributed by atoms with Crippen molar-refractivity contribution in [3.05, 3.63) is 35.6 Å². The van der Waals surface area contributed by atoms with Crippen LogP contribution in [0.4, 0.5) is 4.39 Å². The largest absolute Gasteiger partial charge is 0.483 e. The summed E-state index contributed by atoms with van der Waals surface area (Å²) in [5.74, 6) is 1.21. The fourth-order valence-corrected chi connectivity index (χ4v) is 6.33. The van der Waals surface area contributed by atoms with Gasteiger partial charge < -0.3 is 19.6 Å². The van der Waals surface area contributed by atoms with E-state index < -0.39 is 0 Å². The van der Waals surface area contributed by atoms with E-state index in [0.29, 0.717) is 30.2 Å². The third-order valence-corrected chi connectivity index (χ3v) is 7.74. The lowest BCUT2D eigenvalue weighted by atomic mass is 9.71. The fraction of sp³-hybridized carbons (Fsp3) is 0.680. The van der Waals surface area contributed by atoms with Gasteiger partial charge in [0.2, 0.25) is 5.91 Å². The van der Waals surface area contributed by atoms with Crippen molar-refractivity contribution in [3.8, 4) is 0 Å². The summed E-state index contributed by atoms with van der Waals surface area (Å²) in [7, 11) is 0. The molecular formula is C25H36FN3O4. The Balaban J connectivity index is 0.000000821. The highest BCUT2D eigenvalue weighted by molar-refractivity contribution is 5.78. The number of likely N-dealkylation sites (tertiary alicyclic amines) is 1. The third kappa shape index (κ3) is 5.91. The number of carboxylic acid groups (broad SMARTS) is 1. The normalized spacial score (nSPS) is 30.2. The van der Waals surface area contributed by atoms with E-state index in [0.717, 1.165) is 77.3 Å². The van der Waals surface area contributed by atoms with E-state index in [1.165, 1.54) is 12.5 Å². The van der Waals surface area contributed by atoms with Crippen molar-refractivity contribution < 1.29 is 23.8 Å². The van der Waals surface area contributed by atoms with Gasteiger partial charge in [0.05, 0.1) is 13.2 Å². The number of amides is 1. The summed E-state index contributed by atoms with van der Waals surface area (Å²) >= 11 is 0. The Labute approximate surface area is 195 Å². The lowest BCUT2D eigenvalue weighted by Crippen LogP contribution is -2.65. The molecule has 4 aliphatic rings. The molecule has 1 aromatic carbocycles. The number of hydrogen-bond acceptors (Lipinski definition) is 5. The minimum atomic E-state index is -0.250. The zero-order chi connectivity index (χ0) is 23.2. The first kappa shape index (κ1) is 24.1. The van der Waals surface area contributed by atoms with Crippen LogP contribution in [0.3, 0.4) is 0 Å². The number of halogens is 1. The molecule has 1 N–H and O–H groups in total. The van der Waals surface area contributed by atoms with Crippen molar-refractivity contribution in [1.82, 2.24) is 14.7 Å². The average molecular weight is 462 g/mol. The van der Waals surface area contributed by atoms with Crippen molar-refractivity contribution in [3.63, 3.8) is 0 Å². The molecule has 1 aromatic rings. The molecule has 182 valence electrons. The van der Waals surface area contributed by atoms with Crippen LogP contribution >= 0.6 is 0 Å². The molecule has 0 aliphatic carbocycles. The van der Waals surface area contributed by atoms with Crippen LogP contribution < -0.4 is 0 Å². The number of ether oxygens (including phenoxy) is 1. The molecule has 4 atom stereocenters. The minimum Gasteiger partial charge on any atom is -0.483 e. The number of rotatable bonds is 5. The van der Waals surface area contributed by atoms with E-state index in [1.807, 2.05) is 6.07 Å². The predicted octanol–water partition coefficient (Wildman–Crippen LogP) is 2.10. The Hall–Kier alpha value is -2.03. The Morgan fingerprint density at radius 2 is 1.85 bits per heavy atom. The van der Waals surface area contributed by atoms with Crippen LogP contribution in [-0.4, -0.2) is 96.8 Å². The van der Waals surface area contributed by atoms with Gasteiger partial charge in [0.15, 0.2) is 0 Å². The molecule has 2 bridgehead atoms. The van der Waals surface area contributed by atoms with Crippen molar-refractivity contribution >= 4 is 12.4 Å². The van der Waals surface area contributed by atoms with Crippen LogP contribution in [0.1, 0.15) is 31.2 Å². The van der Waals surface area contributed by atoms with E-state index in [1.54, 1.807) is 12.1 Å². The monoisotopic (exact) mass is 461 g/mol. The van der Waals surface area contributed by atoms with Gasteiger partial charge in [0.25, 0.3) is 6.47 Å². The topological polar surface area (TPSA) is 73.3 Å². The smallest absolute Gasteiger partial charge is 0.290 e. The molecule has 0 radical (unpaired) electrons. The first-order chi connectivity index (χ1) is 16.1. The van der Waals surface area contributed by atoms with E-state index >= 15 is 0 Å². The van der Waals surface area contributed by atoms with Crippen molar-refractivity contribution in [1.29, 1.82) is 0 Å². The second-order valence-corrected chi connectivity index (χ2v) is 9.74. The molecule has 4 fully saturated rings. The van der Waals surface area contributed by atoms with Crippen LogP contribution in [0.2, 0.25) is 0 Å². The minimum absolute atomic E-state index is 0.182. The molecule has 33 heavy (non-hydrogen) atoms. The molecule has 0 aromatic heterocycles. The average Bonchev–Trinajstić information content (AvgIpc) is 2.82. The number of carbonyl (C=O) groups is 2. The molecule has 4 heterocycles. The third-order valence-electron chi connectivity index (χ3n) is 7.74. The molecular weight excluding hydrogens is 425 g/mol.